The van der Waals surface area contributed by atoms with Crippen molar-refractivity contribution in [3.63, 3.8) is 0 Å². The third-order valence-electron chi connectivity index (χ3n) is 3.67. The molecule has 0 saturated carbocycles. The molecule has 0 amide bonds. The Kier molecular flexibility index (Phi) is 4.30. The number of nitrogens with zero attached hydrogens (tertiary/aromatic N) is 5. The molecule has 0 aliphatic rings. The highest BCUT2D eigenvalue weighted by Gasteiger charge is 2.13. The third kappa shape index (κ3) is 3.32. The van der Waals surface area contributed by atoms with E-state index in [2.05, 4.69) is 36.1 Å². The second-order valence-electron chi connectivity index (χ2n) is 5.58. The van der Waals surface area contributed by atoms with Crippen molar-refractivity contribution in [2.45, 2.75) is 24.8 Å². The zero-order valence-electron chi connectivity index (χ0n) is 13.6. The topological polar surface area (TPSA) is 69.1 Å². The van der Waals surface area contributed by atoms with Crippen LogP contribution in [0.2, 0.25) is 0 Å². The molecule has 6 nitrogen and oxygen atoms in total. The molecule has 0 spiro atoms. The molecule has 0 radical (unpaired) electrons. The number of halogens is 1. The van der Waals surface area contributed by atoms with Crippen LogP contribution in [0.3, 0.4) is 0 Å². The summed E-state index contributed by atoms with van der Waals surface area (Å²) in [6.07, 6.45) is 2.00. The van der Waals surface area contributed by atoms with E-state index in [1.54, 1.807) is 0 Å². The van der Waals surface area contributed by atoms with Crippen molar-refractivity contribution in [2.75, 3.05) is 0 Å². The van der Waals surface area contributed by atoms with Gasteiger partial charge in [0.1, 0.15) is 0 Å². The van der Waals surface area contributed by atoms with Crippen LogP contribution < -0.4 is 0 Å². The Labute approximate surface area is 156 Å². The van der Waals surface area contributed by atoms with Gasteiger partial charge in [-0.2, -0.15) is 0 Å². The molecule has 0 aliphatic carbocycles. The Bertz CT molecular complexity index is 1060. The summed E-state index contributed by atoms with van der Waals surface area (Å²) in [5.74, 6) is 1.85. The molecular formula is C17H14BrN5OS. The number of fused-ring (bicyclic) bond motifs is 1. The van der Waals surface area contributed by atoms with E-state index >= 15 is 0 Å². The predicted octanol–water partition coefficient (Wildman–Crippen LogP) is 4.45. The van der Waals surface area contributed by atoms with Crippen molar-refractivity contribution in [3.8, 4) is 11.5 Å². The van der Waals surface area contributed by atoms with Crippen molar-refractivity contribution in [2.24, 2.45) is 0 Å². The second kappa shape index (κ2) is 6.61. The number of thioether (sulfide) groups is 1. The van der Waals surface area contributed by atoms with Gasteiger partial charge in [0.15, 0.2) is 0 Å². The summed E-state index contributed by atoms with van der Waals surface area (Å²) in [6.45, 7) is 4.01. The lowest BCUT2D eigenvalue weighted by Gasteiger charge is -1.98. The number of hydrogen-bond acceptors (Lipinski definition) is 6. The summed E-state index contributed by atoms with van der Waals surface area (Å²) >= 11 is 4.96. The van der Waals surface area contributed by atoms with E-state index in [1.165, 1.54) is 11.8 Å². The first-order valence-corrected chi connectivity index (χ1v) is 9.41. The molecule has 0 unspecified atom stereocenters. The van der Waals surface area contributed by atoms with Crippen molar-refractivity contribution >= 4 is 33.5 Å². The molecule has 126 valence electrons. The maximum Gasteiger partial charge on any atom is 0.277 e. The van der Waals surface area contributed by atoms with E-state index in [0.717, 1.165) is 27.1 Å². The molecule has 0 atom stereocenters. The van der Waals surface area contributed by atoms with Crippen LogP contribution >= 0.6 is 27.7 Å². The minimum atomic E-state index is 0.498. The molecule has 3 aromatic heterocycles. The number of imidazole rings is 1. The lowest BCUT2D eigenvalue weighted by molar-refractivity contribution is 0.465. The van der Waals surface area contributed by atoms with Crippen molar-refractivity contribution in [1.82, 2.24) is 24.6 Å². The van der Waals surface area contributed by atoms with E-state index in [-0.39, 0.29) is 0 Å². The van der Waals surface area contributed by atoms with Crippen LogP contribution in [0.4, 0.5) is 0 Å². The summed E-state index contributed by atoms with van der Waals surface area (Å²) in [5.41, 5.74) is 3.88. The highest BCUT2D eigenvalue weighted by molar-refractivity contribution is 9.10. The Morgan fingerprint density at radius 2 is 2.00 bits per heavy atom. The average Bonchev–Trinajstić information content (AvgIpc) is 3.20. The van der Waals surface area contributed by atoms with Gasteiger partial charge in [0.2, 0.25) is 11.7 Å². The fourth-order valence-corrected chi connectivity index (χ4v) is 3.64. The van der Waals surface area contributed by atoms with Gasteiger partial charge in [-0.15, -0.1) is 10.2 Å². The summed E-state index contributed by atoms with van der Waals surface area (Å²) in [6, 6.07) is 9.80. The first-order valence-electron chi connectivity index (χ1n) is 7.63. The summed E-state index contributed by atoms with van der Waals surface area (Å²) in [5, 5.41) is 8.75. The van der Waals surface area contributed by atoms with Gasteiger partial charge in [-0.25, -0.2) is 9.97 Å². The Balaban J connectivity index is 1.52. The Hall–Kier alpha value is -2.19. The minimum Gasteiger partial charge on any atom is -0.411 e. The van der Waals surface area contributed by atoms with Crippen LogP contribution in [-0.2, 0) is 5.75 Å². The van der Waals surface area contributed by atoms with Crippen LogP contribution in [0.15, 0.2) is 50.6 Å². The van der Waals surface area contributed by atoms with Crippen molar-refractivity contribution in [1.29, 1.82) is 0 Å². The van der Waals surface area contributed by atoms with Crippen molar-refractivity contribution in [3.05, 3.63) is 58.1 Å². The van der Waals surface area contributed by atoms with Gasteiger partial charge in [-0.05, 0) is 48.0 Å². The maximum atomic E-state index is 5.75. The van der Waals surface area contributed by atoms with Gasteiger partial charge in [-0.1, -0.05) is 23.9 Å². The van der Waals surface area contributed by atoms with E-state index in [1.807, 2.05) is 54.8 Å². The summed E-state index contributed by atoms with van der Waals surface area (Å²) in [7, 11) is 0. The molecule has 1 aromatic carbocycles. The smallest absolute Gasteiger partial charge is 0.277 e. The number of aromatic nitrogens is 5. The molecule has 3 heterocycles. The summed E-state index contributed by atoms with van der Waals surface area (Å²) < 4.78 is 8.66. The van der Waals surface area contributed by atoms with E-state index in [9.17, 15) is 0 Å². The van der Waals surface area contributed by atoms with E-state index in [4.69, 9.17) is 4.42 Å². The second-order valence-corrected chi connectivity index (χ2v) is 7.36. The maximum absolute atomic E-state index is 5.75. The van der Waals surface area contributed by atoms with Crippen LogP contribution in [-0.4, -0.2) is 24.6 Å². The van der Waals surface area contributed by atoms with E-state index < -0.39 is 0 Å². The number of rotatable bonds is 4. The molecular weight excluding hydrogens is 402 g/mol. The fraction of sp³-hybridized carbons (Fsp3) is 0.176. The zero-order chi connectivity index (χ0) is 17.4. The Morgan fingerprint density at radius 3 is 2.84 bits per heavy atom. The first kappa shape index (κ1) is 16.3. The first-order chi connectivity index (χ1) is 12.1. The van der Waals surface area contributed by atoms with Gasteiger partial charge in [-0.3, -0.25) is 4.40 Å². The third-order valence-corrected chi connectivity index (χ3v) is 5.21. The highest BCUT2D eigenvalue weighted by atomic mass is 79.9. The quantitative estimate of drug-likeness (QED) is 0.458. The van der Waals surface area contributed by atoms with Gasteiger partial charge in [0.25, 0.3) is 5.22 Å². The normalized spacial score (nSPS) is 11.3. The summed E-state index contributed by atoms with van der Waals surface area (Å²) in [4.78, 5) is 9.01. The highest BCUT2D eigenvalue weighted by Crippen LogP contribution is 2.30. The zero-order valence-corrected chi connectivity index (χ0v) is 16.0. The van der Waals surface area contributed by atoms with Crippen LogP contribution in [0.5, 0.6) is 0 Å². The van der Waals surface area contributed by atoms with Gasteiger partial charge in [0, 0.05) is 27.8 Å². The fourth-order valence-electron chi connectivity index (χ4n) is 2.54. The predicted molar refractivity (Wildman–Crippen MR) is 99.5 cm³/mol. The van der Waals surface area contributed by atoms with Gasteiger partial charge < -0.3 is 4.42 Å². The molecule has 0 saturated heterocycles. The van der Waals surface area contributed by atoms with Crippen LogP contribution in [0.1, 0.15) is 17.1 Å². The van der Waals surface area contributed by atoms with Crippen LogP contribution in [0.25, 0.3) is 17.2 Å². The molecule has 8 heteroatoms. The average molecular weight is 416 g/mol. The molecule has 25 heavy (non-hydrogen) atoms. The SMILES string of the molecule is Cc1cc(C)n2cc(CSc3nnc(-c4ccccc4Br)o3)nc2n1. The van der Waals surface area contributed by atoms with E-state index in [0.29, 0.717) is 22.6 Å². The molecule has 0 N–H and O–H groups in total. The van der Waals surface area contributed by atoms with Crippen LogP contribution in [0, 0.1) is 13.8 Å². The monoisotopic (exact) mass is 415 g/mol. The lowest BCUT2D eigenvalue weighted by atomic mass is 10.2. The standard InChI is InChI=1S/C17H14BrN5OS/c1-10-7-11(2)23-8-12(20-16(23)19-10)9-25-17-22-21-15(24-17)13-5-3-4-6-14(13)18/h3-8H,9H2,1-2H3. The minimum absolute atomic E-state index is 0.498. The van der Waals surface area contributed by atoms with Gasteiger partial charge >= 0.3 is 0 Å². The van der Waals surface area contributed by atoms with Gasteiger partial charge in [0.05, 0.1) is 11.3 Å². The molecule has 0 aliphatic heterocycles. The molecule has 4 aromatic rings. The lowest BCUT2D eigenvalue weighted by Crippen LogP contribution is -1.94. The number of hydrogen-bond donors (Lipinski definition) is 0. The molecule has 4 rings (SSSR count). The molecule has 0 bridgehead atoms. The number of benzene rings is 1. The largest absolute Gasteiger partial charge is 0.411 e. The molecule has 0 fully saturated rings. The van der Waals surface area contributed by atoms with Crippen molar-refractivity contribution < 1.29 is 4.42 Å². The number of aryl methyl sites for hydroxylation is 2. The Morgan fingerprint density at radius 1 is 1.16 bits per heavy atom.